The van der Waals surface area contributed by atoms with Gasteiger partial charge >= 0.3 is 0 Å². The molecule has 4 rings (SSSR count). The van der Waals surface area contributed by atoms with Crippen molar-refractivity contribution in [2.24, 2.45) is 33.7 Å². The summed E-state index contributed by atoms with van der Waals surface area (Å²) in [5, 5.41) is 33.7. The Morgan fingerprint density at radius 1 is 1.16 bits per heavy atom. The van der Waals surface area contributed by atoms with E-state index < -0.39 is 12.2 Å². The van der Waals surface area contributed by atoms with Gasteiger partial charge in [-0.25, -0.2) is 0 Å². The van der Waals surface area contributed by atoms with Gasteiger partial charge in [0.15, 0.2) is 0 Å². The van der Waals surface area contributed by atoms with Gasteiger partial charge in [-0.05, 0) is 67.8 Å². The second-order valence-corrected chi connectivity index (χ2v) is 9.23. The van der Waals surface area contributed by atoms with E-state index in [2.05, 4.69) is 31.2 Å². The van der Waals surface area contributed by atoms with E-state index in [0.29, 0.717) is 24.2 Å². The molecule has 0 saturated heterocycles. The van der Waals surface area contributed by atoms with Crippen molar-refractivity contribution in [3.63, 3.8) is 0 Å². The molecule has 0 aromatic rings. The predicted octanol–water partition coefficient (Wildman–Crippen LogP) is 3.67. The molecule has 3 N–H and O–H groups in total. The van der Waals surface area contributed by atoms with E-state index in [0.717, 1.165) is 37.8 Å². The molecule has 0 aromatic carbocycles. The molecule has 0 aromatic heterocycles. The molecule has 4 aliphatic rings. The third kappa shape index (κ3) is 2.23. The smallest absolute Gasteiger partial charge is 0.0799 e. The zero-order valence-corrected chi connectivity index (χ0v) is 15.6. The summed E-state index contributed by atoms with van der Waals surface area (Å²) < 4.78 is 0. The summed E-state index contributed by atoms with van der Waals surface area (Å²) >= 11 is 0. The van der Waals surface area contributed by atoms with Crippen molar-refractivity contribution in [3.05, 3.63) is 23.3 Å². The van der Waals surface area contributed by atoms with Crippen LogP contribution in [0.4, 0.5) is 0 Å². The quantitative estimate of drug-likeness (QED) is 0.294. The monoisotopic (exact) mass is 345 g/mol. The van der Waals surface area contributed by atoms with Crippen LogP contribution >= 0.6 is 0 Å². The van der Waals surface area contributed by atoms with Crippen LogP contribution in [0.25, 0.3) is 0 Å². The van der Waals surface area contributed by atoms with Crippen molar-refractivity contribution in [2.45, 2.75) is 71.5 Å². The minimum atomic E-state index is -0.450. The molecule has 0 amide bonds. The zero-order valence-electron chi connectivity index (χ0n) is 15.6. The van der Waals surface area contributed by atoms with Gasteiger partial charge in [0, 0.05) is 11.8 Å². The Balaban J connectivity index is 1.69. The fourth-order valence-electron chi connectivity index (χ4n) is 6.88. The van der Waals surface area contributed by atoms with Gasteiger partial charge in [0.05, 0.1) is 17.9 Å². The first-order valence-electron chi connectivity index (χ1n) is 9.77. The highest BCUT2D eigenvalue weighted by Crippen LogP contribution is 2.65. The number of hydrogen-bond acceptors (Lipinski definition) is 4. The van der Waals surface area contributed by atoms with Crippen molar-refractivity contribution >= 4 is 5.71 Å². The number of rotatable bonds is 1. The van der Waals surface area contributed by atoms with E-state index in [4.69, 9.17) is 0 Å². The molecule has 0 spiro atoms. The first-order chi connectivity index (χ1) is 11.8. The number of allylic oxidation sites excluding steroid dienone is 3. The van der Waals surface area contributed by atoms with Gasteiger partial charge in [-0.15, -0.1) is 0 Å². The largest absolute Gasteiger partial charge is 0.411 e. The lowest BCUT2D eigenvalue weighted by atomic mass is 9.46. The molecule has 4 heteroatoms. The normalized spacial score (nSPS) is 49.6. The highest BCUT2D eigenvalue weighted by atomic mass is 16.4. The van der Waals surface area contributed by atoms with E-state index in [1.165, 1.54) is 11.1 Å². The topological polar surface area (TPSA) is 73.1 Å². The lowest BCUT2D eigenvalue weighted by Gasteiger charge is -2.59. The standard InChI is InChI=1S/C21H31NO3/c1-12(22-25)16-6-7-17-15-5-4-13-10-14(23)11-19(24)21(13,3)18(15)8-9-20(16,17)2/h4,6,14-15,17-19,23-25H,5,7-11H2,1-3H3/b22-12+/t14-,15+,17+,18+,19-,20-,21+/m1/s1. The summed E-state index contributed by atoms with van der Waals surface area (Å²) in [5.74, 6) is 1.58. The average Bonchev–Trinajstić information content (AvgIpc) is 2.93. The Morgan fingerprint density at radius 3 is 2.64 bits per heavy atom. The van der Waals surface area contributed by atoms with E-state index in [9.17, 15) is 15.4 Å². The predicted molar refractivity (Wildman–Crippen MR) is 97.5 cm³/mol. The second-order valence-electron chi connectivity index (χ2n) is 9.23. The Hall–Kier alpha value is -1.13. The van der Waals surface area contributed by atoms with E-state index >= 15 is 0 Å². The lowest BCUT2D eigenvalue weighted by Crippen LogP contribution is -2.55. The minimum absolute atomic E-state index is 0.0817. The summed E-state index contributed by atoms with van der Waals surface area (Å²) in [5.41, 5.74) is 3.15. The third-order valence-electron chi connectivity index (χ3n) is 8.30. The molecule has 4 aliphatic carbocycles. The molecule has 2 saturated carbocycles. The first-order valence-corrected chi connectivity index (χ1v) is 9.77. The summed E-state index contributed by atoms with van der Waals surface area (Å²) in [6, 6.07) is 0. The molecule has 25 heavy (non-hydrogen) atoms. The molecule has 138 valence electrons. The van der Waals surface area contributed by atoms with Crippen molar-refractivity contribution in [2.75, 3.05) is 0 Å². The number of oxime groups is 1. The summed E-state index contributed by atoms with van der Waals surface area (Å²) in [6.07, 6.45) is 9.23. The van der Waals surface area contributed by atoms with Gasteiger partial charge in [0.25, 0.3) is 0 Å². The fraction of sp³-hybridized carbons (Fsp3) is 0.762. The third-order valence-corrected chi connectivity index (χ3v) is 8.30. The Morgan fingerprint density at radius 2 is 1.92 bits per heavy atom. The van der Waals surface area contributed by atoms with Gasteiger partial charge in [0.2, 0.25) is 0 Å². The molecule has 7 atom stereocenters. The number of nitrogens with zero attached hydrogens (tertiary/aromatic N) is 1. The maximum Gasteiger partial charge on any atom is 0.0799 e. The Bertz CT molecular complexity index is 666. The molecular formula is C21H31NO3. The molecule has 0 bridgehead atoms. The number of hydrogen-bond donors (Lipinski definition) is 3. The first kappa shape index (κ1) is 17.3. The molecule has 0 radical (unpaired) electrons. The van der Waals surface area contributed by atoms with Gasteiger partial charge in [-0.1, -0.05) is 36.7 Å². The van der Waals surface area contributed by atoms with E-state index in [1.54, 1.807) is 0 Å². The number of aliphatic hydroxyl groups excluding tert-OH is 2. The van der Waals surface area contributed by atoms with Crippen LogP contribution in [-0.4, -0.2) is 33.3 Å². The molecule has 2 fully saturated rings. The highest BCUT2D eigenvalue weighted by Gasteiger charge is 2.59. The van der Waals surface area contributed by atoms with Gasteiger partial charge in [-0.2, -0.15) is 0 Å². The van der Waals surface area contributed by atoms with Crippen LogP contribution in [0.3, 0.4) is 0 Å². The maximum atomic E-state index is 10.9. The number of fused-ring (bicyclic) bond motifs is 5. The minimum Gasteiger partial charge on any atom is -0.411 e. The van der Waals surface area contributed by atoms with Crippen LogP contribution < -0.4 is 0 Å². The Kier molecular flexibility index (Phi) is 3.93. The maximum absolute atomic E-state index is 10.9. The second kappa shape index (κ2) is 5.68. The van der Waals surface area contributed by atoms with Crippen LogP contribution in [0.1, 0.15) is 59.3 Å². The zero-order chi connectivity index (χ0) is 18.0. The van der Waals surface area contributed by atoms with Crippen LogP contribution in [0.15, 0.2) is 28.5 Å². The van der Waals surface area contributed by atoms with Crippen LogP contribution in [0.5, 0.6) is 0 Å². The average molecular weight is 345 g/mol. The van der Waals surface area contributed by atoms with Crippen LogP contribution in [-0.2, 0) is 0 Å². The Labute approximate surface area is 150 Å². The summed E-state index contributed by atoms with van der Waals surface area (Å²) in [6.45, 7) is 6.47. The molecule has 0 heterocycles. The molecule has 0 unspecified atom stereocenters. The highest BCUT2D eigenvalue weighted by molar-refractivity contribution is 5.99. The van der Waals surface area contributed by atoms with Gasteiger partial charge in [-0.3, -0.25) is 0 Å². The van der Waals surface area contributed by atoms with Crippen LogP contribution in [0, 0.1) is 28.6 Å². The van der Waals surface area contributed by atoms with Crippen molar-refractivity contribution in [3.8, 4) is 0 Å². The van der Waals surface area contributed by atoms with Crippen molar-refractivity contribution < 1.29 is 15.4 Å². The van der Waals surface area contributed by atoms with E-state index in [-0.39, 0.29) is 10.8 Å². The number of aliphatic hydroxyl groups is 2. The fourth-order valence-corrected chi connectivity index (χ4v) is 6.88. The van der Waals surface area contributed by atoms with Crippen LogP contribution in [0.2, 0.25) is 0 Å². The van der Waals surface area contributed by atoms with Crippen molar-refractivity contribution in [1.29, 1.82) is 0 Å². The van der Waals surface area contributed by atoms with Crippen molar-refractivity contribution in [1.82, 2.24) is 0 Å². The summed E-state index contributed by atoms with van der Waals surface area (Å²) in [7, 11) is 0. The lowest BCUT2D eigenvalue weighted by molar-refractivity contribution is -0.0959. The summed E-state index contributed by atoms with van der Waals surface area (Å²) in [4.78, 5) is 0. The SMILES string of the molecule is C/C(=N\O)C1=CC[C@H]2[C@@H]3CC=C4C[C@@H](O)C[C@@H](O)[C@]4(C)[C@H]3CC[C@]12C. The van der Waals surface area contributed by atoms with Gasteiger partial charge < -0.3 is 15.4 Å². The molecular weight excluding hydrogens is 314 g/mol. The molecule has 4 nitrogen and oxygen atoms in total. The van der Waals surface area contributed by atoms with E-state index in [1.807, 2.05) is 6.92 Å². The van der Waals surface area contributed by atoms with Gasteiger partial charge in [0.1, 0.15) is 0 Å². The molecule has 0 aliphatic heterocycles.